The first-order valence-electron chi connectivity index (χ1n) is 7.84. The number of nitrogens with one attached hydrogen (secondary N) is 1. The summed E-state index contributed by atoms with van der Waals surface area (Å²) >= 11 is 1.44. The number of methoxy groups -OCH3 is 2. The van der Waals surface area contributed by atoms with Crippen LogP contribution in [0.25, 0.3) is 0 Å². The lowest BCUT2D eigenvalue weighted by atomic mass is 10.0. The Balaban J connectivity index is 1.81. The van der Waals surface area contributed by atoms with E-state index in [0.717, 1.165) is 42.1 Å². The van der Waals surface area contributed by atoms with Gasteiger partial charge in [0.1, 0.15) is 11.5 Å². The van der Waals surface area contributed by atoms with E-state index in [0.29, 0.717) is 5.13 Å². The van der Waals surface area contributed by atoms with Crippen LogP contribution in [0.3, 0.4) is 0 Å². The summed E-state index contributed by atoms with van der Waals surface area (Å²) in [6.07, 6.45) is 1.87. The summed E-state index contributed by atoms with van der Waals surface area (Å²) in [5.74, 6) is 1.48. The summed E-state index contributed by atoms with van der Waals surface area (Å²) in [6, 6.07) is 5.60. The molecule has 2 amide bonds. The van der Waals surface area contributed by atoms with E-state index >= 15 is 0 Å². The van der Waals surface area contributed by atoms with Crippen molar-refractivity contribution in [1.29, 1.82) is 0 Å². The maximum atomic E-state index is 12.6. The molecule has 0 bridgehead atoms. The predicted octanol–water partition coefficient (Wildman–Crippen LogP) is 3.84. The molecule has 0 aliphatic carbocycles. The number of carbonyl (C=O) groups is 1. The number of ether oxygens (including phenoxy) is 2. The number of rotatable bonds is 4. The van der Waals surface area contributed by atoms with E-state index < -0.39 is 0 Å². The molecule has 1 saturated heterocycles. The molecule has 3 rings (SSSR count). The number of hydrogen-bond acceptors (Lipinski definition) is 5. The highest BCUT2D eigenvalue weighted by molar-refractivity contribution is 7.13. The number of aromatic nitrogens is 1. The molecular weight excluding hydrogens is 326 g/mol. The van der Waals surface area contributed by atoms with E-state index in [1.54, 1.807) is 14.2 Å². The average Bonchev–Trinajstić information content (AvgIpc) is 3.23. The molecule has 7 heteroatoms. The van der Waals surface area contributed by atoms with Crippen molar-refractivity contribution in [2.24, 2.45) is 0 Å². The van der Waals surface area contributed by atoms with Gasteiger partial charge in [0.2, 0.25) is 0 Å². The molecule has 2 aromatic rings. The molecule has 1 fully saturated rings. The summed E-state index contributed by atoms with van der Waals surface area (Å²) in [6.45, 7) is 2.63. The molecule has 1 aliphatic heterocycles. The van der Waals surface area contributed by atoms with Crippen LogP contribution < -0.4 is 14.8 Å². The van der Waals surface area contributed by atoms with E-state index in [1.807, 2.05) is 35.4 Å². The molecule has 6 nitrogen and oxygen atoms in total. The highest BCUT2D eigenvalue weighted by Gasteiger charge is 2.32. The maximum absolute atomic E-state index is 12.6. The minimum absolute atomic E-state index is 0.00749. The zero-order chi connectivity index (χ0) is 17.1. The molecule has 1 aliphatic rings. The van der Waals surface area contributed by atoms with Crippen LogP contribution in [0.15, 0.2) is 23.6 Å². The van der Waals surface area contributed by atoms with Crippen molar-refractivity contribution >= 4 is 22.5 Å². The number of aryl methyl sites for hydroxylation is 1. The maximum Gasteiger partial charge on any atom is 0.324 e. The van der Waals surface area contributed by atoms with Crippen LogP contribution in [-0.4, -0.2) is 36.7 Å². The van der Waals surface area contributed by atoms with Crippen molar-refractivity contribution in [3.63, 3.8) is 0 Å². The van der Waals surface area contributed by atoms with Crippen molar-refractivity contribution in [2.45, 2.75) is 25.8 Å². The highest BCUT2D eigenvalue weighted by Crippen LogP contribution is 2.39. The number of benzene rings is 1. The van der Waals surface area contributed by atoms with Gasteiger partial charge in [-0.3, -0.25) is 5.32 Å². The van der Waals surface area contributed by atoms with E-state index in [4.69, 9.17) is 9.47 Å². The van der Waals surface area contributed by atoms with E-state index in [-0.39, 0.29) is 12.1 Å². The summed E-state index contributed by atoms with van der Waals surface area (Å²) < 4.78 is 10.8. The molecule has 128 valence electrons. The molecule has 1 aromatic carbocycles. The van der Waals surface area contributed by atoms with Gasteiger partial charge < -0.3 is 14.4 Å². The quantitative estimate of drug-likeness (QED) is 0.913. The summed E-state index contributed by atoms with van der Waals surface area (Å²) in [5, 5.41) is 5.44. The van der Waals surface area contributed by atoms with Gasteiger partial charge in [-0.25, -0.2) is 9.78 Å². The molecule has 2 heterocycles. The Bertz CT molecular complexity index is 732. The molecule has 0 saturated carbocycles. The second-order valence-electron chi connectivity index (χ2n) is 5.68. The Morgan fingerprint density at radius 1 is 1.38 bits per heavy atom. The zero-order valence-electron chi connectivity index (χ0n) is 14.0. The fraction of sp³-hybridized carbons (Fsp3) is 0.412. The topological polar surface area (TPSA) is 63.7 Å². The monoisotopic (exact) mass is 347 g/mol. The standard InChI is InChI=1S/C17H21N3O3S/c1-11-10-24-16(18-11)19-17(21)20-8-4-5-14(20)13-7-6-12(22-2)9-15(13)23-3/h6-7,9-10,14H,4-5,8H2,1-3H3,(H,18,19,21)/t14-/m0/s1. The Hall–Kier alpha value is -2.28. The number of thiazole rings is 1. The first kappa shape index (κ1) is 16.6. The van der Waals surface area contributed by atoms with E-state index in [9.17, 15) is 4.79 Å². The Kier molecular flexibility index (Phi) is 4.89. The molecule has 0 spiro atoms. The molecule has 0 radical (unpaired) electrons. The van der Waals surface area contributed by atoms with E-state index in [1.165, 1.54) is 11.3 Å². The van der Waals surface area contributed by atoms with Gasteiger partial charge in [-0.1, -0.05) is 0 Å². The molecule has 1 N–H and O–H groups in total. The third-order valence-corrected chi connectivity index (χ3v) is 5.02. The fourth-order valence-electron chi connectivity index (χ4n) is 3.00. The third kappa shape index (κ3) is 3.31. The number of hydrogen-bond donors (Lipinski definition) is 1. The number of amides is 2. The van der Waals surface area contributed by atoms with Crippen molar-refractivity contribution < 1.29 is 14.3 Å². The minimum atomic E-state index is -0.121. The lowest BCUT2D eigenvalue weighted by Gasteiger charge is -2.26. The second kappa shape index (κ2) is 7.09. The fourth-order valence-corrected chi connectivity index (χ4v) is 3.68. The van der Waals surface area contributed by atoms with Gasteiger partial charge >= 0.3 is 6.03 Å². The Morgan fingerprint density at radius 2 is 2.21 bits per heavy atom. The van der Waals surface area contributed by atoms with Crippen molar-refractivity contribution in [3.05, 3.63) is 34.8 Å². The van der Waals surface area contributed by atoms with Crippen molar-refractivity contribution in [1.82, 2.24) is 9.88 Å². The Morgan fingerprint density at radius 3 is 2.88 bits per heavy atom. The third-order valence-electron chi connectivity index (χ3n) is 4.15. The van der Waals surface area contributed by atoms with Crippen LogP contribution in [0.4, 0.5) is 9.93 Å². The van der Waals surface area contributed by atoms with Crippen LogP contribution in [0.5, 0.6) is 11.5 Å². The van der Waals surface area contributed by atoms with Gasteiger partial charge in [0.15, 0.2) is 5.13 Å². The zero-order valence-corrected chi connectivity index (χ0v) is 14.9. The number of anilines is 1. The van der Waals surface area contributed by atoms with Crippen LogP contribution in [0.1, 0.15) is 30.1 Å². The smallest absolute Gasteiger partial charge is 0.324 e. The first-order chi connectivity index (χ1) is 11.6. The minimum Gasteiger partial charge on any atom is -0.497 e. The van der Waals surface area contributed by atoms with Gasteiger partial charge in [0.25, 0.3) is 0 Å². The number of carbonyl (C=O) groups excluding carboxylic acids is 1. The lowest BCUT2D eigenvalue weighted by Crippen LogP contribution is -2.34. The van der Waals surface area contributed by atoms with Crippen molar-refractivity contribution in [3.8, 4) is 11.5 Å². The molecule has 1 atom stereocenters. The number of likely N-dealkylation sites (tertiary alicyclic amines) is 1. The molecule has 1 aromatic heterocycles. The first-order valence-corrected chi connectivity index (χ1v) is 8.72. The Labute approximate surface area is 145 Å². The van der Waals surface area contributed by atoms with Gasteiger partial charge in [-0.15, -0.1) is 11.3 Å². The SMILES string of the molecule is COc1ccc([C@@H]2CCCN2C(=O)Nc2nc(C)cs2)c(OC)c1. The molecule has 24 heavy (non-hydrogen) atoms. The van der Waals surface area contributed by atoms with Gasteiger partial charge in [-0.05, 0) is 31.9 Å². The van der Waals surface area contributed by atoms with Crippen molar-refractivity contribution in [2.75, 3.05) is 26.1 Å². The second-order valence-corrected chi connectivity index (χ2v) is 6.54. The molecule has 0 unspecified atom stereocenters. The van der Waals surface area contributed by atoms with Gasteiger partial charge in [0.05, 0.1) is 26.0 Å². The molecular formula is C17H21N3O3S. The predicted molar refractivity (Wildman–Crippen MR) is 94.1 cm³/mol. The lowest BCUT2D eigenvalue weighted by molar-refractivity contribution is 0.206. The largest absolute Gasteiger partial charge is 0.497 e. The normalized spacial score (nSPS) is 17.0. The summed E-state index contributed by atoms with van der Waals surface area (Å²) in [4.78, 5) is 18.8. The van der Waals surface area contributed by atoms with Gasteiger partial charge in [0, 0.05) is 23.6 Å². The summed E-state index contributed by atoms with van der Waals surface area (Å²) in [5.41, 5.74) is 1.91. The van der Waals surface area contributed by atoms with Gasteiger partial charge in [-0.2, -0.15) is 0 Å². The number of urea groups is 1. The van der Waals surface area contributed by atoms with Crippen LogP contribution >= 0.6 is 11.3 Å². The van der Waals surface area contributed by atoms with Crippen LogP contribution in [0.2, 0.25) is 0 Å². The van der Waals surface area contributed by atoms with E-state index in [2.05, 4.69) is 10.3 Å². The van der Waals surface area contributed by atoms with Crippen LogP contribution in [0, 0.1) is 6.92 Å². The highest BCUT2D eigenvalue weighted by atomic mass is 32.1. The van der Waals surface area contributed by atoms with Crippen LogP contribution in [-0.2, 0) is 0 Å². The summed E-state index contributed by atoms with van der Waals surface area (Å²) in [7, 11) is 3.26. The average molecular weight is 347 g/mol. The number of nitrogens with zero attached hydrogens (tertiary/aromatic N) is 2.